The molecule has 0 amide bonds. The van der Waals surface area contributed by atoms with Crippen LogP contribution in [-0.2, 0) is 6.42 Å². The van der Waals surface area contributed by atoms with Gasteiger partial charge in [0.15, 0.2) is 0 Å². The van der Waals surface area contributed by atoms with Crippen molar-refractivity contribution in [1.82, 2.24) is 10.3 Å². The lowest BCUT2D eigenvalue weighted by atomic mass is 9.97. The van der Waals surface area contributed by atoms with Crippen LogP contribution in [0, 0.1) is 0 Å². The molecule has 2 unspecified atom stereocenters. The van der Waals surface area contributed by atoms with Crippen LogP contribution in [0.5, 0.6) is 0 Å². The third kappa shape index (κ3) is 2.63. The third-order valence-corrected chi connectivity index (χ3v) is 3.34. The lowest BCUT2D eigenvalue weighted by Crippen LogP contribution is -2.40. The molecule has 2 nitrogen and oxygen atoms in total. The first kappa shape index (κ1) is 12.4. The van der Waals surface area contributed by atoms with Crippen molar-refractivity contribution in [2.45, 2.75) is 44.6 Å². The van der Waals surface area contributed by atoms with Gasteiger partial charge < -0.3 is 5.32 Å². The van der Waals surface area contributed by atoms with Crippen LogP contribution >= 0.6 is 0 Å². The summed E-state index contributed by atoms with van der Waals surface area (Å²) in [5.41, 5.74) is 1.99. The van der Waals surface area contributed by atoms with E-state index < -0.39 is 12.5 Å². The average Bonchev–Trinajstić information content (AvgIpc) is 2.73. The van der Waals surface area contributed by atoms with E-state index in [2.05, 4.69) is 10.3 Å². The molecular formula is C13H18F2N2. The van der Waals surface area contributed by atoms with E-state index in [-0.39, 0.29) is 5.92 Å². The van der Waals surface area contributed by atoms with Gasteiger partial charge in [-0.15, -0.1) is 0 Å². The Morgan fingerprint density at radius 1 is 1.53 bits per heavy atom. The smallest absolute Gasteiger partial charge is 0.254 e. The van der Waals surface area contributed by atoms with Crippen LogP contribution in [0.4, 0.5) is 8.78 Å². The molecule has 1 aliphatic rings. The summed E-state index contributed by atoms with van der Waals surface area (Å²) in [6.07, 6.45) is 1.87. The average molecular weight is 240 g/mol. The lowest BCUT2D eigenvalue weighted by molar-refractivity contribution is 0.0844. The number of aromatic nitrogens is 1. The monoisotopic (exact) mass is 240 g/mol. The molecule has 2 atom stereocenters. The van der Waals surface area contributed by atoms with E-state index in [1.54, 1.807) is 6.20 Å². The second-order valence-corrected chi connectivity index (χ2v) is 4.51. The predicted octanol–water partition coefficient (Wildman–Crippen LogP) is 2.74. The lowest BCUT2D eigenvalue weighted by Gasteiger charge is -2.24. The number of hydrogen-bond donors (Lipinski definition) is 1. The van der Waals surface area contributed by atoms with E-state index in [0.717, 1.165) is 30.5 Å². The fraction of sp³-hybridized carbons (Fsp3) is 0.615. The summed E-state index contributed by atoms with van der Waals surface area (Å²) >= 11 is 0. The van der Waals surface area contributed by atoms with E-state index in [0.29, 0.717) is 6.54 Å². The maximum Gasteiger partial charge on any atom is 0.254 e. The van der Waals surface area contributed by atoms with Gasteiger partial charge in [0.25, 0.3) is 6.43 Å². The van der Waals surface area contributed by atoms with E-state index in [4.69, 9.17) is 0 Å². The Balaban J connectivity index is 2.15. The van der Waals surface area contributed by atoms with Gasteiger partial charge in [0, 0.05) is 17.8 Å². The molecule has 94 valence electrons. The first-order chi connectivity index (χ1) is 8.24. The molecule has 0 aromatic carbocycles. The molecule has 1 aromatic heterocycles. The summed E-state index contributed by atoms with van der Waals surface area (Å²) in [6.45, 7) is 2.62. The molecule has 17 heavy (non-hydrogen) atoms. The van der Waals surface area contributed by atoms with Gasteiger partial charge in [-0.25, -0.2) is 8.78 Å². The molecule has 0 fully saturated rings. The minimum absolute atomic E-state index is 0.141. The first-order valence-corrected chi connectivity index (χ1v) is 6.19. The molecule has 1 aromatic rings. The van der Waals surface area contributed by atoms with Crippen LogP contribution in [0.25, 0.3) is 0 Å². The quantitative estimate of drug-likeness (QED) is 0.856. The highest BCUT2D eigenvalue weighted by molar-refractivity contribution is 5.30. The predicted molar refractivity (Wildman–Crippen MR) is 63.4 cm³/mol. The third-order valence-electron chi connectivity index (χ3n) is 3.34. The molecule has 4 heteroatoms. The topological polar surface area (TPSA) is 24.9 Å². The van der Waals surface area contributed by atoms with E-state index in [1.165, 1.54) is 0 Å². The number of alkyl halides is 2. The SMILES string of the molecule is CCCNC(C(F)F)C1CCc2cccnc21. The van der Waals surface area contributed by atoms with Gasteiger partial charge >= 0.3 is 0 Å². The number of halogens is 2. The van der Waals surface area contributed by atoms with Crippen molar-refractivity contribution in [2.75, 3.05) is 6.54 Å². The maximum absolute atomic E-state index is 13.1. The van der Waals surface area contributed by atoms with Gasteiger partial charge in [-0.1, -0.05) is 13.0 Å². The molecule has 0 saturated heterocycles. The van der Waals surface area contributed by atoms with Crippen molar-refractivity contribution in [2.24, 2.45) is 0 Å². The molecule has 2 rings (SSSR count). The standard InChI is InChI=1S/C13H18F2N2/c1-2-7-16-12(13(14)15)10-6-5-9-4-3-8-17-11(9)10/h3-4,8,10,12-13,16H,2,5-7H2,1H3. The number of pyridine rings is 1. The highest BCUT2D eigenvalue weighted by Crippen LogP contribution is 2.35. The Bertz CT molecular complexity index is 368. The summed E-state index contributed by atoms with van der Waals surface area (Å²) < 4.78 is 26.2. The molecule has 1 N–H and O–H groups in total. The second kappa shape index (κ2) is 5.54. The van der Waals surface area contributed by atoms with Crippen LogP contribution in [0.2, 0.25) is 0 Å². The zero-order valence-electron chi connectivity index (χ0n) is 10.00. The van der Waals surface area contributed by atoms with Gasteiger partial charge in [-0.2, -0.15) is 0 Å². The molecule has 0 saturated carbocycles. The van der Waals surface area contributed by atoms with E-state index in [9.17, 15) is 8.78 Å². The van der Waals surface area contributed by atoms with E-state index in [1.807, 2.05) is 19.1 Å². The fourth-order valence-corrected chi connectivity index (χ4v) is 2.51. The van der Waals surface area contributed by atoms with Crippen molar-refractivity contribution in [1.29, 1.82) is 0 Å². The number of nitrogens with one attached hydrogen (secondary N) is 1. The van der Waals surface area contributed by atoms with Gasteiger partial charge in [0.1, 0.15) is 0 Å². The number of hydrogen-bond acceptors (Lipinski definition) is 2. The zero-order valence-corrected chi connectivity index (χ0v) is 10.00. The molecular weight excluding hydrogens is 222 g/mol. The van der Waals surface area contributed by atoms with Gasteiger partial charge in [-0.3, -0.25) is 4.98 Å². The Morgan fingerprint density at radius 3 is 3.06 bits per heavy atom. The van der Waals surface area contributed by atoms with E-state index >= 15 is 0 Å². The van der Waals surface area contributed by atoms with Crippen molar-refractivity contribution < 1.29 is 8.78 Å². The number of nitrogens with zero attached hydrogens (tertiary/aromatic N) is 1. The first-order valence-electron chi connectivity index (χ1n) is 6.19. The van der Waals surface area contributed by atoms with Gasteiger partial charge in [0.2, 0.25) is 0 Å². The largest absolute Gasteiger partial charge is 0.308 e. The van der Waals surface area contributed by atoms with Gasteiger partial charge in [-0.05, 0) is 37.4 Å². The Kier molecular flexibility index (Phi) is 4.05. The van der Waals surface area contributed by atoms with Crippen molar-refractivity contribution in [3.8, 4) is 0 Å². The molecule has 1 aliphatic carbocycles. The fourth-order valence-electron chi connectivity index (χ4n) is 2.51. The summed E-state index contributed by atoms with van der Waals surface area (Å²) in [5.74, 6) is -0.141. The molecule has 1 heterocycles. The Labute approximate surface area is 100 Å². The van der Waals surface area contributed by atoms with Crippen molar-refractivity contribution >= 4 is 0 Å². The summed E-state index contributed by atoms with van der Waals surface area (Å²) in [5, 5.41) is 2.96. The van der Waals surface area contributed by atoms with Crippen LogP contribution in [-0.4, -0.2) is 24.0 Å². The van der Waals surface area contributed by atoms with Crippen LogP contribution < -0.4 is 5.32 Å². The summed E-state index contributed by atoms with van der Waals surface area (Å²) in [6, 6.07) is 3.11. The normalized spacial score (nSPS) is 20.6. The van der Waals surface area contributed by atoms with Crippen LogP contribution in [0.15, 0.2) is 18.3 Å². The van der Waals surface area contributed by atoms with Crippen LogP contribution in [0.3, 0.4) is 0 Å². The molecule has 0 spiro atoms. The van der Waals surface area contributed by atoms with Crippen molar-refractivity contribution in [3.63, 3.8) is 0 Å². The van der Waals surface area contributed by atoms with Crippen molar-refractivity contribution in [3.05, 3.63) is 29.6 Å². The highest BCUT2D eigenvalue weighted by atomic mass is 19.3. The summed E-state index contributed by atoms with van der Waals surface area (Å²) in [4.78, 5) is 4.28. The molecule has 0 bridgehead atoms. The number of rotatable bonds is 5. The number of aryl methyl sites for hydroxylation is 1. The molecule has 0 radical (unpaired) electrons. The minimum atomic E-state index is -2.33. The minimum Gasteiger partial charge on any atom is -0.308 e. The Hall–Kier alpha value is -1.03. The van der Waals surface area contributed by atoms with Crippen LogP contribution in [0.1, 0.15) is 36.9 Å². The summed E-state index contributed by atoms with van der Waals surface area (Å²) in [7, 11) is 0. The second-order valence-electron chi connectivity index (χ2n) is 4.51. The Morgan fingerprint density at radius 2 is 2.35 bits per heavy atom. The van der Waals surface area contributed by atoms with Gasteiger partial charge in [0.05, 0.1) is 6.04 Å². The highest BCUT2D eigenvalue weighted by Gasteiger charge is 2.35. The maximum atomic E-state index is 13.1. The molecule has 0 aliphatic heterocycles. The number of fused-ring (bicyclic) bond motifs is 1. The zero-order chi connectivity index (χ0) is 12.3.